The maximum absolute atomic E-state index is 13.8. The number of thiazole rings is 1. The van der Waals surface area contributed by atoms with E-state index in [1.54, 1.807) is 47.7 Å². The molecule has 0 aliphatic heterocycles. The minimum Gasteiger partial charge on any atom is -0.358 e. The average molecular weight is 372 g/mol. The fourth-order valence-corrected chi connectivity index (χ4v) is 3.53. The number of halogens is 1. The number of benzene rings is 1. The molecule has 0 amide bonds. The number of nitro groups is 1. The Hall–Kier alpha value is -3.27. The molecule has 0 bridgehead atoms. The van der Waals surface area contributed by atoms with Crippen molar-refractivity contribution in [3.63, 3.8) is 0 Å². The van der Waals surface area contributed by atoms with Gasteiger partial charge in [-0.05, 0) is 22.6 Å². The summed E-state index contributed by atoms with van der Waals surface area (Å²) in [5.74, 6) is 0.126. The summed E-state index contributed by atoms with van der Waals surface area (Å²) < 4.78 is 16.9. The summed E-state index contributed by atoms with van der Waals surface area (Å²) >= 11 is 1.29. The third kappa shape index (κ3) is 2.69. The molecule has 0 saturated heterocycles. The Labute approximate surface area is 150 Å². The fourth-order valence-electron chi connectivity index (χ4n) is 2.82. The van der Waals surface area contributed by atoms with E-state index in [0.29, 0.717) is 16.3 Å². The Bertz CT molecular complexity index is 1100. The monoisotopic (exact) mass is 372 g/mol. The van der Waals surface area contributed by atoms with Crippen LogP contribution in [0.2, 0.25) is 0 Å². The number of anilines is 1. The second-order valence-corrected chi connectivity index (χ2v) is 6.50. The van der Waals surface area contributed by atoms with Gasteiger partial charge in [-0.3, -0.25) is 0 Å². The van der Waals surface area contributed by atoms with E-state index < -0.39 is 16.8 Å². The molecule has 8 nitrogen and oxygen atoms in total. The molecule has 3 aromatic heterocycles. The summed E-state index contributed by atoms with van der Waals surface area (Å²) in [7, 11) is 1.80. The molecule has 0 radical (unpaired) electrons. The maximum atomic E-state index is 13.8. The van der Waals surface area contributed by atoms with Gasteiger partial charge >= 0.3 is 5.82 Å². The van der Waals surface area contributed by atoms with Crippen LogP contribution in [0.1, 0.15) is 17.4 Å². The Morgan fingerprint density at radius 1 is 1.38 bits per heavy atom. The van der Waals surface area contributed by atoms with Gasteiger partial charge in [-0.2, -0.15) is 9.38 Å². The van der Waals surface area contributed by atoms with Crippen LogP contribution >= 0.6 is 11.3 Å². The highest BCUT2D eigenvalue weighted by atomic mass is 32.1. The Morgan fingerprint density at radius 2 is 2.23 bits per heavy atom. The van der Waals surface area contributed by atoms with Gasteiger partial charge in [-0.15, -0.1) is 0 Å². The van der Waals surface area contributed by atoms with Crippen LogP contribution in [0.3, 0.4) is 0 Å². The lowest BCUT2D eigenvalue weighted by Crippen LogP contribution is -2.18. The first-order chi connectivity index (χ1) is 12.5. The number of rotatable bonds is 5. The molecule has 1 aromatic carbocycles. The number of hydrogen-bond acceptors (Lipinski definition) is 6. The first-order valence-electron chi connectivity index (χ1n) is 7.64. The van der Waals surface area contributed by atoms with Crippen LogP contribution in [-0.2, 0) is 7.05 Å². The fraction of sp³-hybridized carbons (Fsp3) is 0.125. The molecule has 4 rings (SSSR count). The van der Waals surface area contributed by atoms with Crippen molar-refractivity contribution in [3.8, 4) is 0 Å². The Balaban J connectivity index is 1.84. The number of aryl methyl sites for hydroxylation is 1. The second kappa shape index (κ2) is 6.23. The van der Waals surface area contributed by atoms with Crippen LogP contribution in [-0.4, -0.2) is 23.9 Å². The second-order valence-electron chi connectivity index (χ2n) is 5.63. The van der Waals surface area contributed by atoms with Gasteiger partial charge in [0.2, 0.25) is 5.82 Å². The van der Waals surface area contributed by atoms with Gasteiger partial charge in [0.15, 0.2) is 0 Å². The van der Waals surface area contributed by atoms with Gasteiger partial charge < -0.3 is 20.0 Å². The molecule has 26 heavy (non-hydrogen) atoms. The zero-order valence-corrected chi connectivity index (χ0v) is 14.4. The van der Waals surface area contributed by atoms with Crippen molar-refractivity contribution < 1.29 is 9.31 Å². The molecule has 1 unspecified atom stereocenters. The minimum absolute atomic E-state index is 0.110. The third-order valence-electron chi connectivity index (χ3n) is 3.99. The third-order valence-corrected chi connectivity index (χ3v) is 4.75. The van der Waals surface area contributed by atoms with Crippen molar-refractivity contribution in [1.29, 1.82) is 0 Å². The van der Waals surface area contributed by atoms with Gasteiger partial charge in [0.25, 0.3) is 4.96 Å². The van der Waals surface area contributed by atoms with Gasteiger partial charge in [0.05, 0.1) is 0 Å². The molecule has 0 saturated carbocycles. The lowest BCUT2D eigenvalue weighted by molar-refractivity contribution is -0.389. The van der Waals surface area contributed by atoms with Crippen molar-refractivity contribution in [2.24, 2.45) is 7.05 Å². The molecule has 3 heterocycles. The maximum Gasteiger partial charge on any atom is 0.372 e. The molecule has 1 atom stereocenters. The van der Waals surface area contributed by atoms with E-state index in [9.17, 15) is 14.5 Å². The SMILES string of the molecule is Cn1ccnc1C(Nc1nc2sccn2c1[N+](=O)[O-])c1cccc(F)c1. The van der Waals surface area contributed by atoms with E-state index in [-0.39, 0.29) is 11.6 Å². The molecule has 10 heteroatoms. The lowest BCUT2D eigenvalue weighted by atomic mass is 10.1. The highest BCUT2D eigenvalue weighted by molar-refractivity contribution is 7.15. The number of nitrogens with zero attached hydrogens (tertiary/aromatic N) is 5. The summed E-state index contributed by atoms with van der Waals surface area (Å²) in [6.45, 7) is 0. The zero-order chi connectivity index (χ0) is 18.3. The molecule has 0 aliphatic carbocycles. The number of hydrogen-bond donors (Lipinski definition) is 1. The average Bonchev–Trinajstić information content (AvgIpc) is 3.27. The number of imidazole rings is 2. The molecule has 4 aromatic rings. The van der Waals surface area contributed by atoms with E-state index >= 15 is 0 Å². The molecule has 0 fully saturated rings. The van der Waals surface area contributed by atoms with Crippen molar-refractivity contribution in [2.75, 3.05) is 5.32 Å². The standard InChI is InChI=1S/C16H13FN6O2S/c1-21-6-5-18-14(21)12(10-3-2-4-11(17)9-10)19-13-15(23(24)25)22-7-8-26-16(22)20-13/h2-9,12,19H,1H3. The zero-order valence-electron chi connectivity index (χ0n) is 13.5. The summed E-state index contributed by atoms with van der Waals surface area (Å²) in [6.07, 6.45) is 4.96. The predicted octanol–water partition coefficient (Wildman–Crippen LogP) is 3.38. The summed E-state index contributed by atoms with van der Waals surface area (Å²) in [4.78, 5) is 20.2. The van der Waals surface area contributed by atoms with Crippen LogP contribution in [0.5, 0.6) is 0 Å². The molecular formula is C16H13FN6O2S. The quantitative estimate of drug-likeness (QED) is 0.428. The number of nitrogens with one attached hydrogen (secondary N) is 1. The van der Waals surface area contributed by atoms with Gasteiger partial charge in [-0.25, -0.2) is 9.37 Å². The minimum atomic E-state index is -0.603. The predicted molar refractivity (Wildman–Crippen MR) is 94.8 cm³/mol. The highest BCUT2D eigenvalue weighted by Gasteiger charge is 2.28. The smallest absolute Gasteiger partial charge is 0.358 e. The number of aromatic nitrogens is 4. The molecule has 0 spiro atoms. The van der Waals surface area contributed by atoms with Crippen LogP contribution in [0.25, 0.3) is 4.96 Å². The van der Waals surface area contributed by atoms with Gasteiger partial charge in [0.1, 0.15) is 23.9 Å². The summed E-state index contributed by atoms with van der Waals surface area (Å²) in [5, 5.41) is 16.3. The van der Waals surface area contributed by atoms with Crippen LogP contribution in [0.4, 0.5) is 16.0 Å². The molecule has 132 valence electrons. The van der Waals surface area contributed by atoms with Gasteiger partial charge in [-0.1, -0.05) is 23.5 Å². The van der Waals surface area contributed by atoms with Crippen LogP contribution < -0.4 is 5.32 Å². The first kappa shape index (κ1) is 16.2. The summed E-state index contributed by atoms with van der Waals surface area (Å²) in [5.41, 5.74) is 0.588. The molecule has 1 N–H and O–H groups in total. The van der Waals surface area contributed by atoms with Crippen molar-refractivity contribution in [2.45, 2.75) is 6.04 Å². The van der Waals surface area contributed by atoms with Gasteiger partial charge in [0, 0.05) is 24.8 Å². The van der Waals surface area contributed by atoms with Crippen molar-refractivity contribution in [1.82, 2.24) is 18.9 Å². The van der Waals surface area contributed by atoms with Crippen molar-refractivity contribution >= 4 is 27.9 Å². The first-order valence-corrected chi connectivity index (χ1v) is 8.51. The molecule has 0 aliphatic rings. The highest BCUT2D eigenvalue weighted by Crippen LogP contribution is 2.33. The van der Waals surface area contributed by atoms with Crippen LogP contribution in [0.15, 0.2) is 48.2 Å². The Morgan fingerprint density at radius 3 is 2.92 bits per heavy atom. The van der Waals surface area contributed by atoms with Crippen LogP contribution in [0, 0.1) is 15.9 Å². The van der Waals surface area contributed by atoms with E-state index in [0.717, 1.165) is 0 Å². The van der Waals surface area contributed by atoms with E-state index in [4.69, 9.17) is 0 Å². The van der Waals surface area contributed by atoms with E-state index in [2.05, 4.69) is 15.3 Å². The van der Waals surface area contributed by atoms with E-state index in [1.165, 1.54) is 27.9 Å². The Kier molecular flexibility index (Phi) is 3.88. The summed E-state index contributed by atoms with van der Waals surface area (Å²) in [6, 6.07) is 5.43. The van der Waals surface area contributed by atoms with Crippen molar-refractivity contribution in [3.05, 3.63) is 75.6 Å². The largest absolute Gasteiger partial charge is 0.372 e. The molecular weight excluding hydrogens is 359 g/mol. The number of fused-ring (bicyclic) bond motifs is 1. The lowest BCUT2D eigenvalue weighted by Gasteiger charge is -2.18. The van der Waals surface area contributed by atoms with E-state index in [1.807, 2.05) is 0 Å². The normalized spacial score (nSPS) is 12.4. The topological polar surface area (TPSA) is 90.3 Å².